The number of amides is 2. The molecule has 6 nitrogen and oxygen atoms in total. The molecule has 3 rings (SSSR count). The molecule has 0 fully saturated rings. The lowest BCUT2D eigenvalue weighted by Crippen LogP contribution is -2.13. The molecule has 0 atom stereocenters. The van der Waals surface area contributed by atoms with E-state index in [1.165, 1.54) is 31.2 Å². The maximum atomic E-state index is 13.6. The fourth-order valence-corrected chi connectivity index (χ4v) is 2.70. The van der Waals surface area contributed by atoms with Crippen LogP contribution >= 0.6 is 0 Å². The lowest BCUT2D eigenvalue weighted by molar-refractivity contribution is -0.131. The largest absolute Gasteiger partial charge is 0.427 e. The summed E-state index contributed by atoms with van der Waals surface area (Å²) < 4.78 is 18.6. The first-order chi connectivity index (χ1) is 14.9. The van der Waals surface area contributed by atoms with Gasteiger partial charge in [0, 0.05) is 35.5 Å². The maximum Gasteiger partial charge on any atom is 0.308 e. The number of anilines is 2. The minimum absolute atomic E-state index is 0.266. The second-order valence-electron chi connectivity index (χ2n) is 6.50. The zero-order valence-electron chi connectivity index (χ0n) is 16.6. The minimum atomic E-state index is -0.481. The summed E-state index contributed by atoms with van der Waals surface area (Å²) in [6.07, 6.45) is 2.61. The summed E-state index contributed by atoms with van der Waals surface area (Å²) >= 11 is 0. The third-order valence-corrected chi connectivity index (χ3v) is 4.07. The Morgan fingerprint density at radius 3 is 2.32 bits per heavy atom. The molecule has 3 aromatic carbocycles. The fourth-order valence-electron chi connectivity index (χ4n) is 2.70. The van der Waals surface area contributed by atoms with E-state index in [0.29, 0.717) is 22.5 Å². The van der Waals surface area contributed by atoms with Gasteiger partial charge >= 0.3 is 5.97 Å². The van der Waals surface area contributed by atoms with Crippen LogP contribution in [0.2, 0.25) is 0 Å². The van der Waals surface area contributed by atoms with Crippen LogP contribution in [-0.2, 0) is 9.59 Å². The van der Waals surface area contributed by atoms with Crippen LogP contribution in [0, 0.1) is 5.82 Å². The second kappa shape index (κ2) is 9.98. The smallest absolute Gasteiger partial charge is 0.308 e. The van der Waals surface area contributed by atoms with E-state index in [-0.39, 0.29) is 5.75 Å². The van der Waals surface area contributed by atoms with Crippen LogP contribution in [0.4, 0.5) is 15.8 Å². The lowest BCUT2D eigenvalue weighted by atomic mass is 10.2. The Morgan fingerprint density at radius 1 is 0.871 bits per heavy atom. The van der Waals surface area contributed by atoms with E-state index in [9.17, 15) is 18.8 Å². The van der Waals surface area contributed by atoms with E-state index in [1.54, 1.807) is 60.7 Å². The normalized spacial score (nSPS) is 10.5. The van der Waals surface area contributed by atoms with Gasteiger partial charge in [0.2, 0.25) is 5.91 Å². The average molecular weight is 418 g/mol. The van der Waals surface area contributed by atoms with Crippen molar-refractivity contribution in [2.24, 2.45) is 0 Å². The first-order valence-electron chi connectivity index (χ1n) is 9.34. The van der Waals surface area contributed by atoms with Crippen molar-refractivity contribution in [3.8, 4) is 5.75 Å². The van der Waals surface area contributed by atoms with Gasteiger partial charge < -0.3 is 15.4 Å². The number of hydrogen-bond acceptors (Lipinski definition) is 4. The summed E-state index contributed by atoms with van der Waals surface area (Å²) in [7, 11) is 0. The van der Waals surface area contributed by atoms with Crippen LogP contribution in [0.3, 0.4) is 0 Å². The van der Waals surface area contributed by atoms with Gasteiger partial charge in [-0.25, -0.2) is 4.39 Å². The van der Waals surface area contributed by atoms with Gasteiger partial charge in [-0.15, -0.1) is 0 Å². The molecule has 0 heterocycles. The number of carbonyl (C=O) groups excluding carboxylic acids is 3. The average Bonchev–Trinajstić information content (AvgIpc) is 2.73. The van der Waals surface area contributed by atoms with Crippen LogP contribution in [-0.4, -0.2) is 17.8 Å². The van der Waals surface area contributed by atoms with Crippen molar-refractivity contribution in [1.29, 1.82) is 0 Å². The number of ether oxygens (including phenoxy) is 1. The molecule has 0 spiro atoms. The highest BCUT2D eigenvalue weighted by molar-refractivity contribution is 6.05. The molecule has 0 radical (unpaired) electrons. The van der Waals surface area contributed by atoms with Crippen LogP contribution < -0.4 is 15.4 Å². The predicted molar refractivity (Wildman–Crippen MR) is 116 cm³/mol. The predicted octanol–water partition coefficient (Wildman–Crippen LogP) is 4.66. The molecule has 3 aromatic rings. The molecule has 2 amide bonds. The van der Waals surface area contributed by atoms with Crippen molar-refractivity contribution in [3.63, 3.8) is 0 Å². The Morgan fingerprint density at radius 2 is 1.58 bits per heavy atom. The van der Waals surface area contributed by atoms with Crippen LogP contribution in [0.5, 0.6) is 5.75 Å². The number of hydrogen-bond donors (Lipinski definition) is 2. The molecule has 0 bridgehead atoms. The molecule has 31 heavy (non-hydrogen) atoms. The third kappa shape index (κ3) is 6.37. The topological polar surface area (TPSA) is 84.5 Å². The summed E-state index contributed by atoms with van der Waals surface area (Å²) in [5.41, 5.74) is 1.52. The summed E-state index contributed by atoms with van der Waals surface area (Å²) in [6, 6.07) is 18.9. The monoisotopic (exact) mass is 418 g/mol. The number of rotatable bonds is 6. The van der Waals surface area contributed by atoms with Gasteiger partial charge in [0.15, 0.2) is 0 Å². The van der Waals surface area contributed by atoms with Gasteiger partial charge in [0.05, 0.1) is 0 Å². The molecule has 0 aliphatic carbocycles. The zero-order valence-corrected chi connectivity index (χ0v) is 16.6. The minimum Gasteiger partial charge on any atom is -0.427 e. The molecule has 0 aliphatic heterocycles. The molecular weight excluding hydrogens is 399 g/mol. The van der Waals surface area contributed by atoms with Gasteiger partial charge in [0.1, 0.15) is 11.6 Å². The number of nitrogens with one attached hydrogen (secondary N) is 2. The summed E-state index contributed by atoms with van der Waals surface area (Å²) in [5, 5.41) is 5.38. The number of carbonyl (C=O) groups is 3. The van der Waals surface area contributed by atoms with E-state index in [4.69, 9.17) is 4.74 Å². The molecular formula is C24H19FN2O4. The molecule has 0 aliphatic rings. The van der Waals surface area contributed by atoms with Crippen LogP contribution in [0.15, 0.2) is 78.9 Å². The number of benzene rings is 3. The molecule has 156 valence electrons. The Kier molecular flexibility index (Phi) is 6.90. The maximum absolute atomic E-state index is 13.6. The standard InChI is InChI=1S/C24H19FN2O4/c1-16(28)31-21-10-4-7-18(14-21)24(30)27-20-9-5-8-19(15-20)26-23(29)13-12-17-6-2-3-11-22(17)25/h2-15H,1H3,(H,26,29)(H,27,30)/b13-12+. The Hall–Kier alpha value is -4.26. The quantitative estimate of drug-likeness (QED) is 0.347. The zero-order chi connectivity index (χ0) is 22.2. The van der Waals surface area contributed by atoms with Gasteiger partial charge in [-0.3, -0.25) is 14.4 Å². The van der Waals surface area contributed by atoms with E-state index >= 15 is 0 Å². The van der Waals surface area contributed by atoms with Crippen molar-refractivity contribution in [2.45, 2.75) is 6.92 Å². The molecule has 2 N–H and O–H groups in total. The summed E-state index contributed by atoms with van der Waals surface area (Å²) in [5.74, 6) is -1.49. The first-order valence-corrected chi connectivity index (χ1v) is 9.34. The van der Waals surface area contributed by atoms with Gasteiger partial charge in [0.25, 0.3) is 5.91 Å². The second-order valence-corrected chi connectivity index (χ2v) is 6.50. The van der Waals surface area contributed by atoms with Gasteiger partial charge in [-0.05, 0) is 48.5 Å². The molecule has 0 saturated carbocycles. The van der Waals surface area contributed by atoms with Crippen molar-refractivity contribution >= 4 is 35.2 Å². The van der Waals surface area contributed by atoms with E-state index in [0.717, 1.165) is 0 Å². The third-order valence-electron chi connectivity index (χ3n) is 4.07. The van der Waals surface area contributed by atoms with E-state index < -0.39 is 23.6 Å². The lowest BCUT2D eigenvalue weighted by Gasteiger charge is -2.09. The van der Waals surface area contributed by atoms with Gasteiger partial charge in [-0.2, -0.15) is 0 Å². The van der Waals surface area contributed by atoms with E-state index in [2.05, 4.69) is 10.6 Å². The fraction of sp³-hybridized carbons (Fsp3) is 0.0417. The molecule has 7 heteroatoms. The Bertz CT molecular complexity index is 1160. The van der Waals surface area contributed by atoms with Crippen LogP contribution in [0.25, 0.3) is 6.08 Å². The molecule has 0 saturated heterocycles. The molecule has 0 unspecified atom stereocenters. The highest BCUT2D eigenvalue weighted by atomic mass is 19.1. The van der Waals surface area contributed by atoms with Crippen molar-refractivity contribution in [3.05, 3.63) is 95.8 Å². The first kappa shape index (κ1) is 21.4. The summed E-state index contributed by atoms with van der Waals surface area (Å²) in [6.45, 7) is 1.28. The highest BCUT2D eigenvalue weighted by Gasteiger charge is 2.09. The highest BCUT2D eigenvalue weighted by Crippen LogP contribution is 2.18. The van der Waals surface area contributed by atoms with Crippen LogP contribution in [0.1, 0.15) is 22.8 Å². The number of esters is 1. The molecule has 0 aromatic heterocycles. The van der Waals surface area contributed by atoms with Gasteiger partial charge in [-0.1, -0.05) is 30.3 Å². The Labute approximate surface area is 178 Å². The Balaban J connectivity index is 1.65. The SMILES string of the molecule is CC(=O)Oc1cccc(C(=O)Nc2cccc(NC(=O)/C=C/c3ccccc3F)c2)c1. The van der Waals surface area contributed by atoms with E-state index in [1.807, 2.05) is 0 Å². The number of halogens is 1. The van der Waals surface area contributed by atoms with Crippen molar-refractivity contribution in [2.75, 3.05) is 10.6 Å². The van der Waals surface area contributed by atoms with Crippen molar-refractivity contribution in [1.82, 2.24) is 0 Å². The summed E-state index contributed by atoms with van der Waals surface area (Å²) in [4.78, 5) is 35.7. The van der Waals surface area contributed by atoms with Crippen molar-refractivity contribution < 1.29 is 23.5 Å².